The van der Waals surface area contributed by atoms with Crippen LogP contribution in [0, 0.1) is 0 Å². The molecule has 0 spiro atoms. The topological polar surface area (TPSA) is 105 Å². The maximum atomic E-state index is 14.0. The van der Waals surface area contributed by atoms with Crippen molar-refractivity contribution >= 4 is 5.97 Å². The van der Waals surface area contributed by atoms with Crippen LogP contribution in [0.2, 0.25) is 0 Å². The summed E-state index contributed by atoms with van der Waals surface area (Å²) in [5, 5.41) is 26.9. The second-order valence-corrected chi connectivity index (χ2v) is 9.79. The summed E-state index contributed by atoms with van der Waals surface area (Å²) in [6.45, 7) is 3.98. The molecule has 0 aromatic rings. The predicted octanol–water partition coefficient (Wildman–Crippen LogP) is 5.08. The minimum Gasteiger partial charge on any atom is -0.452 e. The van der Waals surface area contributed by atoms with E-state index < -0.39 is 95.9 Å². The average molecular weight is 676 g/mol. The molecule has 3 N–H and O–H groups in total. The zero-order chi connectivity index (χ0) is 34.8. The number of ether oxygens (including phenoxy) is 3. The Hall–Kier alpha value is -2.11. The van der Waals surface area contributed by atoms with E-state index in [1.54, 1.807) is 0 Å². The van der Waals surface area contributed by atoms with Crippen molar-refractivity contribution in [1.82, 2.24) is 0 Å². The van der Waals surface area contributed by atoms with Crippen LogP contribution in [0.15, 0.2) is 12.2 Å². The van der Waals surface area contributed by atoms with Gasteiger partial charge < -0.3 is 29.5 Å². The molecule has 23 heteroatoms. The number of aliphatic hydroxyl groups is 3. The fourth-order valence-corrected chi connectivity index (χ4v) is 3.48. The molecule has 6 atom stereocenters. The zero-order valence-corrected chi connectivity index (χ0v) is 21.3. The maximum absolute atomic E-state index is 14.0. The van der Waals surface area contributed by atoms with Gasteiger partial charge in [-0.25, -0.2) is 4.79 Å². The van der Waals surface area contributed by atoms with E-state index in [0.29, 0.717) is 0 Å². The molecule has 2 rings (SSSR count). The van der Waals surface area contributed by atoms with Gasteiger partial charge in [0.2, 0.25) is 0 Å². The van der Waals surface area contributed by atoms with E-state index in [2.05, 4.69) is 20.8 Å². The summed E-state index contributed by atoms with van der Waals surface area (Å²) >= 11 is 0. The Balaban J connectivity index is 0.000000442. The summed E-state index contributed by atoms with van der Waals surface area (Å²) in [6.07, 6.45) is -33.9. The highest BCUT2D eigenvalue weighted by Gasteiger charge is 2.82. The molecule has 0 amide bonds. The van der Waals surface area contributed by atoms with Crippen molar-refractivity contribution in [2.45, 2.75) is 105 Å². The Labute approximate surface area is 229 Å². The molecule has 0 aromatic heterocycles. The fraction of sp³-hybridized carbons (Fsp3) is 0.850. The molecule has 2 heterocycles. The van der Waals surface area contributed by atoms with Gasteiger partial charge in [-0.1, -0.05) is 6.58 Å². The van der Waals surface area contributed by atoms with E-state index in [-0.39, 0.29) is 13.8 Å². The van der Waals surface area contributed by atoms with Crippen molar-refractivity contribution in [3.05, 3.63) is 12.2 Å². The van der Waals surface area contributed by atoms with E-state index in [4.69, 9.17) is 10.2 Å². The van der Waals surface area contributed by atoms with E-state index in [1.165, 1.54) is 0 Å². The smallest absolute Gasteiger partial charge is 0.449 e. The summed E-state index contributed by atoms with van der Waals surface area (Å²) in [5.74, 6) is -23.3. The van der Waals surface area contributed by atoms with Gasteiger partial charge in [0, 0.05) is 18.4 Å². The highest BCUT2D eigenvalue weighted by Crippen LogP contribution is 2.57. The third kappa shape index (κ3) is 6.50. The van der Waals surface area contributed by atoms with Crippen LogP contribution in [-0.2, 0) is 19.0 Å². The van der Waals surface area contributed by atoms with Crippen molar-refractivity contribution < 1.29 is 105 Å². The first kappa shape index (κ1) is 38.9. The first-order valence-corrected chi connectivity index (χ1v) is 10.9. The maximum Gasteiger partial charge on any atom is 0.449 e. The number of alkyl halides is 16. The van der Waals surface area contributed by atoms with Gasteiger partial charge in [-0.05, 0) is 20.8 Å². The molecule has 2 aliphatic heterocycles. The minimum atomic E-state index is -6.31. The van der Waals surface area contributed by atoms with Crippen molar-refractivity contribution in [2.24, 2.45) is 0 Å². The number of hydrogen-bond acceptors (Lipinski definition) is 7. The van der Waals surface area contributed by atoms with Crippen LogP contribution in [0.3, 0.4) is 0 Å². The lowest BCUT2D eigenvalue weighted by molar-refractivity contribution is -0.502. The van der Waals surface area contributed by atoms with E-state index in [1.807, 2.05) is 0 Å². The predicted molar refractivity (Wildman–Crippen MR) is 103 cm³/mol. The van der Waals surface area contributed by atoms with E-state index in [0.717, 1.165) is 6.92 Å². The molecule has 254 valence electrons. The number of rotatable bonds is 2. The molecular formula is C20H20F16O7. The molecule has 43 heavy (non-hydrogen) atoms. The highest BCUT2D eigenvalue weighted by molar-refractivity contribution is 5.87. The summed E-state index contributed by atoms with van der Waals surface area (Å²) in [6, 6.07) is 0. The molecule has 2 aliphatic rings. The van der Waals surface area contributed by atoms with Crippen molar-refractivity contribution in [3.63, 3.8) is 0 Å². The van der Waals surface area contributed by atoms with Gasteiger partial charge in [-0.3, -0.25) is 0 Å². The van der Waals surface area contributed by atoms with Gasteiger partial charge in [0.05, 0.1) is 0 Å². The Bertz CT molecular complexity index is 1070. The van der Waals surface area contributed by atoms with Crippen LogP contribution in [0.4, 0.5) is 70.2 Å². The molecule has 0 bridgehead atoms. The minimum absolute atomic E-state index is 0.0283. The van der Waals surface area contributed by atoms with Gasteiger partial charge in [-0.2, -0.15) is 70.2 Å². The van der Waals surface area contributed by atoms with Gasteiger partial charge >= 0.3 is 54.1 Å². The monoisotopic (exact) mass is 676 g/mol. The van der Waals surface area contributed by atoms with E-state index >= 15 is 0 Å². The number of carbonyl (C=O) groups is 1. The van der Waals surface area contributed by atoms with Crippen LogP contribution in [-0.4, -0.2) is 92.8 Å². The molecule has 2 fully saturated rings. The molecular weight excluding hydrogens is 656 g/mol. The number of hydrogen-bond donors (Lipinski definition) is 3. The first-order chi connectivity index (χ1) is 18.5. The van der Waals surface area contributed by atoms with Gasteiger partial charge in [0.15, 0.2) is 17.3 Å². The van der Waals surface area contributed by atoms with Crippen LogP contribution in [0.1, 0.15) is 33.6 Å². The van der Waals surface area contributed by atoms with E-state index in [9.17, 15) is 80.1 Å². The number of halogens is 16. The normalized spacial score (nSPS) is 36.7. The Kier molecular flexibility index (Phi) is 9.73. The van der Waals surface area contributed by atoms with Crippen LogP contribution in [0.5, 0.6) is 0 Å². The van der Waals surface area contributed by atoms with Crippen LogP contribution >= 0.6 is 0 Å². The van der Waals surface area contributed by atoms with Crippen molar-refractivity contribution in [3.8, 4) is 0 Å². The Morgan fingerprint density at radius 1 is 0.721 bits per heavy atom. The molecule has 0 radical (unpaired) electrons. The first-order valence-electron chi connectivity index (χ1n) is 10.9. The molecule has 2 saturated heterocycles. The van der Waals surface area contributed by atoms with Crippen LogP contribution in [0.25, 0.3) is 0 Å². The lowest BCUT2D eigenvalue weighted by Crippen LogP contribution is -2.74. The standard InChI is InChI=1S/C12H12F8O4.C8H8F8O3/c1-5(2)7(21)23-6-4-8(3,11(15,16)17)24-10(22,9(6,13)14)12(18,19)20;1-4(7(11,12)13)2-3(17)5(9,10)6(18,19-4)8(14,15)16/h6,22H,1,4H2,2-3H3;3,17-18H,2H2,1H3. The summed E-state index contributed by atoms with van der Waals surface area (Å²) in [5.41, 5.74) is -8.15. The van der Waals surface area contributed by atoms with Gasteiger partial charge in [0.1, 0.15) is 6.10 Å². The Morgan fingerprint density at radius 3 is 1.35 bits per heavy atom. The second kappa shape index (κ2) is 10.8. The molecule has 7 nitrogen and oxygen atoms in total. The van der Waals surface area contributed by atoms with Crippen molar-refractivity contribution in [1.29, 1.82) is 0 Å². The SMILES string of the molecule is C=C(C)C(=O)OC1CC(C)(C(F)(F)F)OC(O)(C(F)(F)F)C1(F)F.CC1(C(F)(F)F)CC(O)C(F)(F)C(O)(C(F)(F)F)O1. The Morgan fingerprint density at radius 2 is 1.05 bits per heavy atom. The molecule has 0 aromatic carbocycles. The molecule has 0 saturated carbocycles. The third-order valence-electron chi connectivity index (χ3n) is 6.20. The molecule has 0 aliphatic carbocycles. The number of esters is 1. The lowest BCUT2D eigenvalue weighted by atomic mass is 9.85. The summed E-state index contributed by atoms with van der Waals surface area (Å²) in [7, 11) is 0. The summed E-state index contributed by atoms with van der Waals surface area (Å²) in [4.78, 5) is 11.3. The largest absolute Gasteiger partial charge is 0.452 e. The third-order valence-corrected chi connectivity index (χ3v) is 6.20. The lowest BCUT2D eigenvalue weighted by Gasteiger charge is -2.50. The highest BCUT2D eigenvalue weighted by atomic mass is 19.4. The van der Waals surface area contributed by atoms with Gasteiger partial charge in [0.25, 0.3) is 0 Å². The number of carbonyl (C=O) groups excluding carboxylic acids is 1. The quantitative estimate of drug-likeness (QED) is 0.213. The average Bonchev–Trinajstić information content (AvgIpc) is 2.73. The van der Waals surface area contributed by atoms with Gasteiger partial charge in [-0.15, -0.1) is 0 Å². The second-order valence-electron chi connectivity index (χ2n) is 9.79. The zero-order valence-electron chi connectivity index (χ0n) is 21.3. The van der Waals surface area contributed by atoms with Crippen LogP contribution < -0.4 is 0 Å². The molecule has 6 unspecified atom stereocenters. The van der Waals surface area contributed by atoms with Crippen molar-refractivity contribution in [2.75, 3.05) is 0 Å². The summed E-state index contributed by atoms with van der Waals surface area (Å²) < 4.78 is 217. The fourth-order valence-electron chi connectivity index (χ4n) is 3.48. The number of aliphatic hydroxyl groups excluding tert-OH is 1.